The smallest absolute Gasteiger partial charge is 0.260 e. The number of halogens is 1. The first-order valence-corrected chi connectivity index (χ1v) is 7.64. The van der Waals surface area contributed by atoms with Crippen molar-refractivity contribution in [3.8, 4) is 0 Å². The number of rotatable bonds is 4. The second kappa shape index (κ2) is 5.35. The third-order valence-corrected chi connectivity index (χ3v) is 4.88. The highest BCUT2D eigenvalue weighted by Gasteiger charge is 2.23. The van der Waals surface area contributed by atoms with Crippen molar-refractivity contribution >= 4 is 26.0 Å². The highest BCUT2D eigenvalue weighted by atomic mass is 79.9. The summed E-state index contributed by atoms with van der Waals surface area (Å²) in [5, 5.41) is 7.29. The molecule has 2 aromatic rings. The summed E-state index contributed by atoms with van der Waals surface area (Å²) in [6, 6.07) is 1.82. The lowest BCUT2D eigenvalue weighted by Gasteiger charge is -2.08. The zero-order chi connectivity index (χ0) is 14.0. The minimum atomic E-state index is -3.68. The molecule has 2 aromatic heterocycles. The number of sulfonamides is 1. The van der Waals surface area contributed by atoms with Crippen molar-refractivity contribution in [3.05, 3.63) is 34.2 Å². The Morgan fingerprint density at radius 1 is 1.47 bits per heavy atom. The molecule has 0 radical (unpaired) electrons. The molecule has 0 amide bonds. The summed E-state index contributed by atoms with van der Waals surface area (Å²) in [7, 11) is -2.16. The minimum Gasteiger partial charge on any atom is -0.264 e. The molecule has 7 nitrogen and oxygen atoms in total. The molecule has 0 aliphatic heterocycles. The molecule has 0 unspecified atom stereocenters. The molecule has 1 N–H and O–H groups in total. The van der Waals surface area contributed by atoms with Gasteiger partial charge in [-0.2, -0.15) is 0 Å². The second-order valence-electron chi connectivity index (χ2n) is 3.94. The van der Waals surface area contributed by atoms with Crippen LogP contribution in [0, 0.1) is 6.92 Å². The molecule has 19 heavy (non-hydrogen) atoms. The summed E-state index contributed by atoms with van der Waals surface area (Å²) in [6.45, 7) is 2.06. The molecular weight excluding hydrogens is 334 g/mol. The van der Waals surface area contributed by atoms with Gasteiger partial charge in [0.05, 0.1) is 0 Å². The van der Waals surface area contributed by atoms with E-state index >= 15 is 0 Å². The Morgan fingerprint density at radius 2 is 2.21 bits per heavy atom. The Labute approximate surface area is 119 Å². The van der Waals surface area contributed by atoms with Gasteiger partial charge in [-0.1, -0.05) is 5.21 Å². The van der Waals surface area contributed by atoms with E-state index in [1.165, 1.54) is 11.7 Å². The summed E-state index contributed by atoms with van der Waals surface area (Å²) < 4.78 is 28.2. The highest BCUT2D eigenvalue weighted by Crippen LogP contribution is 2.18. The van der Waals surface area contributed by atoms with E-state index in [4.69, 9.17) is 0 Å². The van der Waals surface area contributed by atoms with Gasteiger partial charge in [-0.25, -0.2) is 17.8 Å². The predicted molar refractivity (Wildman–Crippen MR) is 71.7 cm³/mol. The van der Waals surface area contributed by atoms with Crippen molar-refractivity contribution < 1.29 is 8.42 Å². The summed E-state index contributed by atoms with van der Waals surface area (Å²) in [4.78, 5) is 3.97. The average Bonchev–Trinajstić information content (AvgIpc) is 2.69. The van der Waals surface area contributed by atoms with Crippen LogP contribution in [0.1, 0.15) is 11.1 Å². The topological polar surface area (TPSA) is 89.8 Å². The lowest BCUT2D eigenvalue weighted by molar-refractivity contribution is 0.560. The van der Waals surface area contributed by atoms with E-state index < -0.39 is 10.0 Å². The lowest BCUT2D eigenvalue weighted by atomic mass is 10.2. The third-order valence-electron chi connectivity index (χ3n) is 2.59. The Kier molecular flexibility index (Phi) is 3.97. The van der Waals surface area contributed by atoms with Crippen molar-refractivity contribution in [3.63, 3.8) is 0 Å². The first-order valence-electron chi connectivity index (χ1n) is 5.36. The van der Waals surface area contributed by atoms with Crippen molar-refractivity contribution in [2.24, 2.45) is 7.05 Å². The first-order chi connectivity index (χ1) is 8.92. The van der Waals surface area contributed by atoms with E-state index in [0.717, 1.165) is 11.1 Å². The van der Waals surface area contributed by atoms with Gasteiger partial charge in [0.15, 0.2) is 4.60 Å². The summed E-state index contributed by atoms with van der Waals surface area (Å²) in [6.07, 6.45) is 3.29. The number of nitrogens with zero attached hydrogens (tertiary/aromatic N) is 4. The molecule has 0 aromatic carbocycles. The van der Waals surface area contributed by atoms with Gasteiger partial charge >= 0.3 is 0 Å². The van der Waals surface area contributed by atoms with Crippen molar-refractivity contribution in [2.75, 3.05) is 0 Å². The van der Waals surface area contributed by atoms with Gasteiger partial charge in [0, 0.05) is 26.0 Å². The normalized spacial score (nSPS) is 11.7. The summed E-state index contributed by atoms with van der Waals surface area (Å²) >= 11 is 3.07. The number of aromatic nitrogens is 4. The molecule has 0 bridgehead atoms. The van der Waals surface area contributed by atoms with E-state index in [2.05, 4.69) is 35.9 Å². The standard InChI is InChI=1S/C10H12BrN5O2S/c1-7-3-4-12-5-8(7)6-13-19(17,18)10-9(11)14-15-16(10)2/h3-5,13H,6H2,1-2H3. The van der Waals surface area contributed by atoms with Crippen LogP contribution in [0.5, 0.6) is 0 Å². The fourth-order valence-corrected chi connectivity index (χ4v) is 3.63. The molecule has 0 spiro atoms. The Hall–Kier alpha value is -1.32. The molecule has 0 saturated carbocycles. The SMILES string of the molecule is Cc1ccncc1CNS(=O)(=O)c1c(Br)nnn1C. The minimum absolute atomic E-state index is 0.00552. The molecule has 2 rings (SSSR count). The van der Waals surface area contributed by atoms with Crippen molar-refractivity contribution in [1.29, 1.82) is 0 Å². The molecule has 0 aliphatic carbocycles. The van der Waals surface area contributed by atoms with Crippen LogP contribution in [0.2, 0.25) is 0 Å². The third kappa shape index (κ3) is 2.99. The van der Waals surface area contributed by atoms with Gasteiger partial charge < -0.3 is 0 Å². The van der Waals surface area contributed by atoms with Gasteiger partial charge in [0.25, 0.3) is 10.0 Å². The maximum atomic E-state index is 12.2. The van der Waals surface area contributed by atoms with Crippen LogP contribution >= 0.6 is 15.9 Å². The van der Waals surface area contributed by atoms with Crippen LogP contribution in [-0.4, -0.2) is 28.4 Å². The maximum Gasteiger partial charge on any atom is 0.260 e. The quantitative estimate of drug-likeness (QED) is 0.883. The zero-order valence-electron chi connectivity index (χ0n) is 10.3. The van der Waals surface area contributed by atoms with Crippen LogP contribution in [0.25, 0.3) is 0 Å². The Morgan fingerprint density at radius 3 is 2.79 bits per heavy atom. The van der Waals surface area contributed by atoms with Gasteiger partial charge in [-0.3, -0.25) is 4.98 Å². The monoisotopic (exact) mass is 345 g/mol. The van der Waals surface area contributed by atoms with E-state index in [1.54, 1.807) is 12.4 Å². The largest absolute Gasteiger partial charge is 0.264 e. The van der Waals surface area contributed by atoms with Crippen LogP contribution in [0.15, 0.2) is 28.1 Å². The Balaban J connectivity index is 2.22. The predicted octanol–water partition coefficient (Wildman–Crippen LogP) is 0.760. The molecule has 102 valence electrons. The fourth-order valence-electron chi connectivity index (χ4n) is 1.53. The van der Waals surface area contributed by atoms with Crippen LogP contribution < -0.4 is 4.72 Å². The molecule has 0 fully saturated rings. The number of pyridine rings is 1. The fraction of sp³-hybridized carbons (Fsp3) is 0.300. The highest BCUT2D eigenvalue weighted by molar-refractivity contribution is 9.10. The van der Waals surface area contributed by atoms with Crippen molar-refractivity contribution in [1.82, 2.24) is 24.7 Å². The van der Waals surface area contributed by atoms with Crippen LogP contribution in [0.3, 0.4) is 0 Å². The van der Waals surface area contributed by atoms with E-state index in [1.807, 2.05) is 13.0 Å². The van der Waals surface area contributed by atoms with Gasteiger partial charge in [-0.05, 0) is 40.0 Å². The number of hydrogen-bond donors (Lipinski definition) is 1. The molecule has 0 atom stereocenters. The van der Waals surface area contributed by atoms with Crippen LogP contribution in [0.4, 0.5) is 0 Å². The van der Waals surface area contributed by atoms with E-state index in [0.29, 0.717) is 0 Å². The molecule has 2 heterocycles. The van der Waals surface area contributed by atoms with Gasteiger partial charge in [-0.15, -0.1) is 5.10 Å². The van der Waals surface area contributed by atoms with E-state index in [-0.39, 0.29) is 16.2 Å². The number of aryl methyl sites for hydroxylation is 2. The second-order valence-corrected chi connectivity index (χ2v) is 6.37. The number of nitrogens with one attached hydrogen (secondary N) is 1. The molecule has 9 heteroatoms. The maximum absolute atomic E-state index is 12.2. The van der Waals surface area contributed by atoms with Crippen molar-refractivity contribution in [2.45, 2.75) is 18.5 Å². The van der Waals surface area contributed by atoms with Crippen LogP contribution in [-0.2, 0) is 23.6 Å². The summed E-state index contributed by atoms with van der Waals surface area (Å²) in [5.74, 6) is 0. The van der Waals surface area contributed by atoms with Gasteiger partial charge in [0.2, 0.25) is 5.03 Å². The molecular formula is C10H12BrN5O2S. The average molecular weight is 346 g/mol. The Bertz CT molecular complexity index is 678. The summed E-state index contributed by atoms with van der Waals surface area (Å²) in [5.41, 5.74) is 1.79. The van der Waals surface area contributed by atoms with E-state index in [9.17, 15) is 8.42 Å². The zero-order valence-corrected chi connectivity index (χ0v) is 12.7. The first kappa shape index (κ1) is 14.1. The molecule has 0 aliphatic rings. The molecule has 0 saturated heterocycles. The lowest BCUT2D eigenvalue weighted by Crippen LogP contribution is -2.26. The van der Waals surface area contributed by atoms with Gasteiger partial charge in [0.1, 0.15) is 0 Å². The number of hydrogen-bond acceptors (Lipinski definition) is 5.